The van der Waals surface area contributed by atoms with Crippen LogP contribution in [0, 0.1) is 0 Å². The van der Waals surface area contributed by atoms with E-state index in [0.29, 0.717) is 22.7 Å². The van der Waals surface area contributed by atoms with Gasteiger partial charge in [0.25, 0.3) is 5.91 Å². The molecule has 1 saturated carbocycles. The molecule has 4 heteroatoms. The third kappa shape index (κ3) is 3.73. The summed E-state index contributed by atoms with van der Waals surface area (Å²) in [5.41, 5.74) is 2.02. The first kappa shape index (κ1) is 16.0. The van der Waals surface area contributed by atoms with E-state index < -0.39 is 0 Å². The molecule has 1 fully saturated rings. The van der Waals surface area contributed by atoms with Gasteiger partial charge in [-0.05, 0) is 49.3 Å². The Balaban J connectivity index is 1.60. The first-order chi connectivity index (χ1) is 11.1. The highest BCUT2D eigenvalue weighted by Gasteiger charge is 2.27. The summed E-state index contributed by atoms with van der Waals surface area (Å²) in [5, 5.41) is 0.410. The number of carbonyl (C=O) groups is 1. The molecule has 1 aromatic heterocycles. The minimum Gasteiger partial charge on any atom is -0.339 e. The highest BCUT2D eigenvalue weighted by atomic mass is 35.5. The summed E-state index contributed by atoms with van der Waals surface area (Å²) in [6.07, 6.45) is 5.90. The smallest absolute Gasteiger partial charge is 0.255 e. The Morgan fingerprint density at radius 1 is 1.09 bits per heavy atom. The van der Waals surface area contributed by atoms with Crippen molar-refractivity contribution < 1.29 is 4.79 Å². The van der Waals surface area contributed by atoms with Crippen molar-refractivity contribution in [3.05, 3.63) is 64.9 Å². The molecule has 1 aliphatic rings. The molecule has 0 aliphatic heterocycles. The van der Waals surface area contributed by atoms with Gasteiger partial charge in [-0.1, -0.05) is 41.9 Å². The number of benzene rings is 1. The minimum absolute atomic E-state index is 0.0253. The quantitative estimate of drug-likeness (QED) is 0.775. The molecule has 0 N–H and O–H groups in total. The molecule has 1 heterocycles. The molecule has 0 atom stereocenters. The zero-order valence-electron chi connectivity index (χ0n) is 13.3. The van der Waals surface area contributed by atoms with Crippen LogP contribution in [0.4, 0.5) is 0 Å². The lowest BCUT2D eigenvalue weighted by molar-refractivity contribution is 0.0689. The maximum Gasteiger partial charge on any atom is 0.255 e. The van der Waals surface area contributed by atoms with Crippen LogP contribution in [0.3, 0.4) is 0 Å². The van der Waals surface area contributed by atoms with E-state index in [1.165, 1.54) is 5.56 Å². The minimum atomic E-state index is 0.0253. The summed E-state index contributed by atoms with van der Waals surface area (Å²) in [5.74, 6) is 0.644. The molecular formula is C19H21ClN2O. The summed E-state index contributed by atoms with van der Waals surface area (Å²) in [7, 11) is 1.89. The molecule has 120 valence electrons. The van der Waals surface area contributed by atoms with Gasteiger partial charge < -0.3 is 4.90 Å². The molecule has 0 radical (unpaired) electrons. The van der Waals surface area contributed by atoms with Crippen molar-refractivity contribution in [2.75, 3.05) is 7.05 Å². The van der Waals surface area contributed by atoms with Crippen molar-refractivity contribution in [2.24, 2.45) is 0 Å². The van der Waals surface area contributed by atoms with Gasteiger partial charge >= 0.3 is 0 Å². The monoisotopic (exact) mass is 328 g/mol. The van der Waals surface area contributed by atoms with Gasteiger partial charge in [0, 0.05) is 19.3 Å². The Labute approximate surface area is 142 Å². The largest absolute Gasteiger partial charge is 0.339 e. The van der Waals surface area contributed by atoms with E-state index in [0.717, 1.165) is 25.7 Å². The van der Waals surface area contributed by atoms with Crippen LogP contribution in [0.2, 0.25) is 5.15 Å². The fourth-order valence-electron chi connectivity index (χ4n) is 3.39. The molecule has 3 rings (SSSR count). The third-order valence-corrected chi connectivity index (χ3v) is 5.03. The molecule has 1 aliphatic carbocycles. The molecule has 0 unspecified atom stereocenters. The summed E-state index contributed by atoms with van der Waals surface area (Å²) >= 11 is 5.78. The summed E-state index contributed by atoms with van der Waals surface area (Å²) in [6, 6.07) is 14.4. The zero-order chi connectivity index (χ0) is 16.2. The van der Waals surface area contributed by atoms with Gasteiger partial charge in [0.1, 0.15) is 5.15 Å². The second kappa shape index (κ2) is 7.14. The van der Waals surface area contributed by atoms with Gasteiger partial charge in [0.15, 0.2) is 0 Å². The Hall–Kier alpha value is -1.87. The molecule has 3 nitrogen and oxygen atoms in total. The molecule has 0 saturated heterocycles. The van der Waals surface area contributed by atoms with Gasteiger partial charge in [-0.2, -0.15) is 0 Å². The van der Waals surface area contributed by atoms with Crippen LogP contribution in [0.25, 0.3) is 0 Å². The Morgan fingerprint density at radius 2 is 1.78 bits per heavy atom. The summed E-state index contributed by atoms with van der Waals surface area (Å²) < 4.78 is 0. The number of carbonyl (C=O) groups excluding carboxylic acids is 1. The van der Waals surface area contributed by atoms with Gasteiger partial charge in [-0.25, -0.2) is 4.98 Å². The van der Waals surface area contributed by atoms with Crippen LogP contribution >= 0.6 is 11.6 Å². The van der Waals surface area contributed by atoms with Gasteiger partial charge in [0.2, 0.25) is 0 Å². The van der Waals surface area contributed by atoms with Crippen LogP contribution in [-0.2, 0) is 0 Å². The average molecular weight is 329 g/mol. The van der Waals surface area contributed by atoms with E-state index >= 15 is 0 Å². The SMILES string of the molecule is CN(C(=O)c1ccc(Cl)nc1)C1CCC(c2ccccc2)CC1. The van der Waals surface area contributed by atoms with E-state index in [1.807, 2.05) is 11.9 Å². The molecule has 23 heavy (non-hydrogen) atoms. The number of pyridine rings is 1. The molecule has 0 spiro atoms. The fourth-order valence-corrected chi connectivity index (χ4v) is 3.51. The number of halogens is 1. The van der Waals surface area contributed by atoms with E-state index in [1.54, 1.807) is 18.3 Å². The van der Waals surface area contributed by atoms with Crippen molar-refractivity contribution in [1.82, 2.24) is 9.88 Å². The summed E-state index contributed by atoms with van der Waals surface area (Å²) in [6.45, 7) is 0. The highest BCUT2D eigenvalue weighted by molar-refractivity contribution is 6.29. The summed E-state index contributed by atoms with van der Waals surface area (Å²) in [4.78, 5) is 18.4. The van der Waals surface area contributed by atoms with E-state index in [9.17, 15) is 4.79 Å². The van der Waals surface area contributed by atoms with Gasteiger partial charge in [-0.3, -0.25) is 4.79 Å². The fraction of sp³-hybridized carbons (Fsp3) is 0.368. The van der Waals surface area contributed by atoms with Crippen LogP contribution in [0.5, 0.6) is 0 Å². The standard InChI is InChI=1S/C19H21ClN2O/c1-22(19(23)16-9-12-18(20)21-13-16)17-10-7-15(8-11-17)14-5-3-2-4-6-14/h2-6,9,12-13,15,17H,7-8,10-11H2,1H3. The normalized spacial score (nSPS) is 21.0. The first-order valence-corrected chi connectivity index (χ1v) is 8.46. The van der Waals surface area contributed by atoms with E-state index in [4.69, 9.17) is 11.6 Å². The molecule has 1 aromatic carbocycles. The Morgan fingerprint density at radius 3 is 2.39 bits per heavy atom. The number of aromatic nitrogens is 1. The van der Waals surface area contributed by atoms with Crippen molar-refractivity contribution in [3.8, 4) is 0 Å². The Bertz CT molecular complexity index is 649. The maximum absolute atomic E-state index is 12.5. The van der Waals surface area contributed by atoms with Gasteiger partial charge in [-0.15, -0.1) is 0 Å². The second-order valence-corrected chi connectivity index (χ2v) is 6.59. The number of amides is 1. The molecule has 0 bridgehead atoms. The zero-order valence-corrected chi connectivity index (χ0v) is 14.0. The van der Waals surface area contributed by atoms with Crippen molar-refractivity contribution in [1.29, 1.82) is 0 Å². The first-order valence-electron chi connectivity index (χ1n) is 8.09. The number of hydrogen-bond donors (Lipinski definition) is 0. The number of hydrogen-bond acceptors (Lipinski definition) is 2. The number of rotatable bonds is 3. The number of nitrogens with zero attached hydrogens (tertiary/aromatic N) is 2. The van der Waals surface area contributed by atoms with Crippen molar-refractivity contribution in [3.63, 3.8) is 0 Å². The lowest BCUT2D eigenvalue weighted by atomic mass is 9.81. The van der Waals surface area contributed by atoms with Crippen LogP contribution in [0.15, 0.2) is 48.7 Å². The van der Waals surface area contributed by atoms with Crippen LogP contribution in [-0.4, -0.2) is 28.9 Å². The van der Waals surface area contributed by atoms with Crippen LogP contribution in [0.1, 0.15) is 47.5 Å². The van der Waals surface area contributed by atoms with E-state index in [2.05, 4.69) is 35.3 Å². The molecule has 1 amide bonds. The molecular weight excluding hydrogens is 308 g/mol. The Kier molecular flexibility index (Phi) is 4.97. The predicted molar refractivity (Wildman–Crippen MR) is 92.8 cm³/mol. The molecule has 2 aromatic rings. The van der Waals surface area contributed by atoms with Crippen LogP contribution < -0.4 is 0 Å². The average Bonchev–Trinajstić information content (AvgIpc) is 2.62. The lowest BCUT2D eigenvalue weighted by Gasteiger charge is -2.35. The topological polar surface area (TPSA) is 33.2 Å². The van der Waals surface area contributed by atoms with Gasteiger partial charge in [0.05, 0.1) is 5.56 Å². The van der Waals surface area contributed by atoms with Crippen molar-refractivity contribution in [2.45, 2.75) is 37.6 Å². The van der Waals surface area contributed by atoms with Crippen molar-refractivity contribution >= 4 is 17.5 Å². The van der Waals surface area contributed by atoms with E-state index in [-0.39, 0.29) is 5.91 Å². The third-order valence-electron chi connectivity index (χ3n) is 4.81. The second-order valence-electron chi connectivity index (χ2n) is 6.20. The lowest BCUT2D eigenvalue weighted by Crippen LogP contribution is -2.39. The maximum atomic E-state index is 12.5. The highest BCUT2D eigenvalue weighted by Crippen LogP contribution is 2.34. The predicted octanol–water partition coefficient (Wildman–Crippen LogP) is 4.53.